The predicted molar refractivity (Wildman–Crippen MR) is 111 cm³/mol. The van der Waals surface area contributed by atoms with Crippen molar-refractivity contribution in [3.05, 3.63) is 97.1 Å². The number of nitro groups is 1. The van der Waals surface area contributed by atoms with Crippen molar-refractivity contribution in [3.63, 3.8) is 0 Å². The molecule has 0 saturated heterocycles. The van der Waals surface area contributed by atoms with E-state index in [-0.39, 0.29) is 29.1 Å². The molecule has 0 saturated carbocycles. The lowest BCUT2D eigenvalue weighted by Gasteiger charge is -2.15. The number of hydrogen-bond donors (Lipinski definition) is 0. The smallest absolute Gasteiger partial charge is 0.269 e. The van der Waals surface area contributed by atoms with E-state index in [4.69, 9.17) is 0 Å². The zero-order valence-electron chi connectivity index (χ0n) is 17.0. The fourth-order valence-corrected chi connectivity index (χ4v) is 3.63. The standard InChI is InChI=1S/C22H18F2N4O3/c1-12-13(2)26(11-17-18(23)5-4-6-19(17)24)22-25-20(14(3)27(22)21(12)29)15-7-9-16(10-8-15)28(30)31/h4-10H,11H2,1-3H3. The van der Waals surface area contributed by atoms with E-state index in [1.165, 1.54) is 34.7 Å². The number of rotatable bonds is 4. The van der Waals surface area contributed by atoms with E-state index in [1.54, 1.807) is 37.5 Å². The number of halogens is 2. The first-order valence-corrected chi connectivity index (χ1v) is 9.47. The van der Waals surface area contributed by atoms with Gasteiger partial charge in [-0.15, -0.1) is 0 Å². The van der Waals surface area contributed by atoms with Gasteiger partial charge in [0, 0.05) is 34.5 Å². The topological polar surface area (TPSA) is 82.4 Å². The second kappa shape index (κ2) is 7.42. The highest BCUT2D eigenvalue weighted by Gasteiger charge is 2.21. The molecule has 158 valence electrons. The van der Waals surface area contributed by atoms with Gasteiger partial charge in [0.2, 0.25) is 5.78 Å². The van der Waals surface area contributed by atoms with Gasteiger partial charge in [-0.05, 0) is 45.0 Å². The van der Waals surface area contributed by atoms with Crippen LogP contribution in [0.5, 0.6) is 0 Å². The van der Waals surface area contributed by atoms with Crippen molar-refractivity contribution in [3.8, 4) is 11.3 Å². The molecule has 0 unspecified atom stereocenters. The van der Waals surface area contributed by atoms with Gasteiger partial charge in [-0.25, -0.2) is 18.2 Å². The van der Waals surface area contributed by atoms with E-state index >= 15 is 0 Å². The van der Waals surface area contributed by atoms with E-state index in [0.29, 0.717) is 28.2 Å². The number of nitro benzene ring substituents is 1. The zero-order valence-corrected chi connectivity index (χ0v) is 17.0. The lowest BCUT2D eigenvalue weighted by atomic mass is 10.1. The number of fused-ring (bicyclic) bond motifs is 1. The number of imidazole rings is 1. The van der Waals surface area contributed by atoms with E-state index in [1.807, 2.05) is 0 Å². The Bertz CT molecular complexity index is 1390. The fourth-order valence-electron chi connectivity index (χ4n) is 3.63. The Kier molecular flexibility index (Phi) is 4.88. The summed E-state index contributed by atoms with van der Waals surface area (Å²) in [5.74, 6) is -1.14. The quantitative estimate of drug-likeness (QED) is 0.361. The number of non-ortho nitro benzene ring substituents is 1. The van der Waals surface area contributed by atoms with Crippen LogP contribution in [0.1, 0.15) is 22.5 Å². The Morgan fingerprint density at radius 3 is 2.19 bits per heavy atom. The monoisotopic (exact) mass is 424 g/mol. The molecule has 2 heterocycles. The van der Waals surface area contributed by atoms with Crippen LogP contribution in [-0.2, 0) is 6.54 Å². The van der Waals surface area contributed by atoms with Crippen molar-refractivity contribution < 1.29 is 13.7 Å². The van der Waals surface area contributed by atoms with Gasteiger partial charge in [0.25, 0.3) is 11.2 Å². The molecule has 0 aliphatic heterocycles. The van der Waals surface area contributed by atoms with E-state index < -0.39 is 16.6 Å². The summed E-state index contributed by atoms with van der Waals surface area (Å²) < 4.78 is 31.6. The number of hydrogen-bond acceptors (Lipinski definition) is 4. The Morgan fingerprint density at radius 1 is 1.00 bits per heavy atom. The Balaban J connectivity index is 1.97. The lowest BCUT2D eigenvalue weighted by Crippen LogP contribution is -2.24. The van der Waals surface area contributed by atoms with Crippen LogP contribution in [0.2, 0.25) is 0 Å². The lowest BCUT2D eigenvalue weighted by molar-refractivity contribution is -0.384. The van der Waals surface area contributed by atoms with Gasteiger partial charge < -0.3 is 4.57 Å². The second-order valence-electron chi connectivity index (χ2n) is 7.29. The third kappa shape index (κ3) is 3.27. The molecular formula is C22H18F2N4O3. The number of aryl methyl sites for hydroxylation is 1. The summed E-state index contributed by atoms with van der Waals surface area (Å²) in [6.45, 7) is 4.91. The molecule has 4 aromatic rings. The third-order valence-electron chi connectivity index (χ3n) is 5.53. The zero-order chi connectivity index (χ0) is 22.4. The molecule has 0 atom stereocenters. The molecule has 0 aliphatic rings. The summed E-state index contributed by atoms with van der Waals surface area (Å²) in [5, 5.41) is 10.9. The van der Waals surface area contributed by atoms with Crippen molar-refractivity contribution in [2.24, 2.45) is 0 Å². The first kappa shape index (κ1) is 20.4. The first-order valence-electron chi connectivity index (χ1n) is 9.47. The van der Waals surface area contributed by atoms with Gasteiger partial charge in [0.05, 0.1) is 22.9 Å². The Morgan fingerprint density at radius 2 is 1.61 bits per heavy atom. The van der Waals surface area contributed by atoms with Crippen LogP contribution >= 0.6 is 0 Å². The normalized spacial score (nSPS) is 11.3. The van der Waals surface area contributed by atoms with Gasteiger partial charge in [0.1, 0.15) is 11.6 Å². The number of aromatic nitrogens is 3. The maximum absolute atomic E-state index is 14.3. The molecule has 0 N–H and O–H groups in total. The second-order valence-corrected chi connectivity index (χ2v) is 7.29. The Labute approximate surface area is 175 Å². The van der Waals surface area contributed by atoms with Gasteiger partial charge in [0.15, 0.2) is 0 Å². The SMILES string of the molecule is Cc1c(C)n(Cc2c(F)cccc2F)c2nc(-c3ccc([N+](=O)[O-])cc3)c(C)n2c1=O. The van der Waals surface area contributed by atoms with Gasteiger partial charge >= 0.3 is 0 Å². The van der Waals surface area contributed by atoms with Crippen molar-refractivity contribution in [2.75, 3.05) is 0 Å². The minimum absolute atomic E-state index is 0.0635. The fraction of sp³-hybridized carbons (Fsp3) is 0.182. The van der Waals surface area contributed by atoms with Crippen LogP contribution in [0.15, 0.2) is 47.3 Å². The molecule has 9 heteroatoms. The van der Waals surface area contributed by atoms with E-state index in [9.17, 15) is 23.7 Å². The highest BCUT2D eigenvalue weighted by Crippen LogP contribution is 2.26. The first-order chi connectivity index (χ1) is 14.7. The van der Waals surface area contributed by atoms with Crippen LogP contribution in [0.3, 0.4) is 0 Å². The van der Waals surface area contributed by atoms with Crippen LogP contribution in [0.4, 0.5) is 14.5 Å². The molecular weight excluding hydrogens is 406 g/mol. The highest BCUT2D eigenvalue weighted by molar-refractivity contribution is 5.66. The van der Waals surface area contributed by atoms with Crippen molar-refractivity contribution >= 4 is 11.5 Å². The summed E-state index contributed by atoms with van der Waals surface area (Å²) in [5.41, 5.74) is 2.07. The highest BCUT2D eigenvalue weighted by atomic mass is 19.1. The molecule has 2 aromatic carbocycles. The molecule has 2 aromatic heterocycles. The summed E-state index contributed by atoms with van der Waals surface area (Å²) in [6.07, 6.45) is 0. The molecule has 0 fully saturated rings. The molecule has 4 rings (SSSR count). The van der Waals surface area contributed by atoms with Gasteiger partial charge in [-0.1, -0.05) is 6.07 Å². The van der Waals surface area contributed by atoms with Crippen LogP contribution < -0.4 is 5.56 Å². The summed E-state index contributed by atoms with van der Waals surface area (Å²) in [6, 6.07) is 9.47. The van der Waals surface area contributed by atoms with Gasteiger partial charge in [-0.2, -0.15) is 0 Å². The molecule has 7 nitrogen and oxygen atoms in total. The molecule has 0 amide bonds. The average molecular weight is 424 g/mol. The largest absolute Gasteiger partial charge is 0.311 e. The minimum atomic E-state index is -0.687. The van der Waals surface area contributed by atoms with E-state index in [0.717, 1.165) is 0 Å². The number of benzene rings is 2. The maximum atomic E-state index is 14.3. The van der Waals surface area contributed by atoms with Crippen LogP contribution in [0.25, 0.3) is 17.0 Å². The van der Waals surface area contributed by atoms with Crippen LogP contribution in [0, 0.1) is 42.5 Å². The Hall–Kier alpha value is -3.88. The van der Waals surface area contributed by atoms with Crippen molar-refractivity contribution in [2.45, 2.75) is 27.3 Å². The number of nitrogens with zero attached hydrogens (tertiary/aromatic N) is 4. The molecule has 0 radical (unpaired) electrons. The third-order valence-corrected chi connectivity index (χ3v) is 5.53. The van der Waals surface area contributed by atoms with E-state index in [2.05, 4.69) is 4.98 Å². The minimum Gasteiger partial charge on any atom is -0.311 e. The van der Waals surface area contributed by atoms with Crippen LogP contribution in [-0.4, -0.2) is 18.9 Å². The summed E-state index contributed by atoms with van der Waals surface area (Å²) in [7, 11) is 0. The van der Waals surface area contributed by atoms with Gasteiger partial charge in [-0.3, -0.25) is 14.9 Å². The average Bonchev–Trinajstić information content (AvgIpc) is 3.08. The van der Waals surface area contributed by atoms with Crippen molar-refractivity contribution in [1.82, 2.24) is 14.0 Å². The predicted octanol–water partition coefficient (Wildman–Crippen LogP) is 4.32. The summed E-state index contributed by atoms with van der Waals surface area (Å²) >= 11 is 0. The van der Waals surface area contributed by atoms with Crippen molar-refractivity contribution in [1.29, 1.82) is 0 Å². The molecule has 0 aliphatic carbocycles. The summed E-state index contributed by atoms with van der Waals surface area (Å²) in [4.78, 5) is 28.0. The molecule has 0 bridgehead atoms. The molecule has 31 heavy (non-hydrogen) atoms. The molecule has 0 spiro atoms. The maximum Gasteiger partial charge on any atom is 0.269 e.